The Bertz CT molecular complexity index is 143. The number of hydrogen-bond donors (Lipinski definition) is 0. The van der Waals surface area contributed by atoms with Gasteiger partial charge in [-0.25, -0.2) is 0 Å². The van der Waals surface area contributed by atoms with Gasteiger partial charge >= 0.3 is 0 Å². The van der Waals surface area contributed by atoms with E-state index >= 15 is 0 Å². The third kappa shape index (κ3) is 5.65. The second-order valence-electron chi connectivity index (χ2n) is 2.46. The van der Waals surface area contributed by atoms with Gasteiger partial charge in [0.05, 0.1) is 0 Å². The standard InChI is InChI=1S/C10H17N/c1-4-7-10-11(8-5-2)9-6-3/h5,7H,1-2,6,8-10H2,3H3. The van der Waals surface area contributed by atoms with E-state index in [1.54, 1.807) is 0 Å². The molecule has 0 saturated carbocycles. The summed E-state index contributed by atoms with van der Waals surface area (Å²) in [6.45, 7) is 12.4. The van der Waals surface area contributed by atoms with Crippen LogP contribution >= 0.6 is 0 Å². The van der Waals surface area contributed by atoms with Crippen molar-refractivity contribution < 1.29 is 0 Å². The van der Waals surface area contributed by atoms with Crippen LogP contribution in [-0.4, -0.2) is 24.5 Å². The first kappa shape index (κ1) is 10.2. The lowest BCUT2D eigenvalue weighted by molar-refractivity contribution is 0.336. The molecule has 0 spiro atoms. The second kappa shape index (κ2) is 7.33. The third-order valence-corrected chi connectivity index (χ3v) is 1.42. The molecule has 0 radical (unpaired) electrons. The van der Waals surface area contributed by atoms with Gasteiger partial charge < -0.3 is 0 Å². The average molecular weight is 151 g/mol. The topological polar surface area (TPSA) is 3.24 Å². The zero-order valence-electron chi connectivity index (χ0n) is 7.34. The van der Waals surface area contributed by atoms with Gasteiger partial charge in [-0.1, -0.05) is 19.6 Å². The van der Waals surface area contributed by atoms with Gasteiger partial charge in [0.25, 0.3) is 0 Å². The van der Waals surface area contributed by atoms with Gasteiger partial charge in [-0.2, -0.15) is 0 Å². The lowest BCUT2D eigenvalue weighted by Crippen LogP contribution is -2.24. The molecule has 0 rings (SSSR count). The molecule has 0 saturated heterocycles. The molecule has 62 valence electrons. The van der Waals surface area contributed by atoms with Crippen LogP contribution < -0.4 is 0 Å². The van der Waals surface area contributed by atoms with Crippen molar-refractivity contribution in [3.05, 3.63) is 31.0 Å². The molecule has 0 N–H and O–H groups in total. The largest absolute Gasteiger partial charge is 0.295 e. The molecule has 0 bridgehead atoms. The molecule has 11 heavy (non-hydrogen) atoms. The first-order valence-corrected chi connectivity index (χ1v) is 4.02. The molecule has 0 atom stereocenters. The van der Waals surface area contributed by atoms with Crippen LogP contribution in [0, 0.1) is 0 Å². The molecule has 1 nitrogen and oxygen atoms in total. The van der Waals surface area contributed by atoms with E-state index in [4.69, 9.17) is 0 Å². The van der Waals surface area contributed by atoms with Crippen molar-refractivity contribution in [2.24, 2.45) is 0 Å². The Balaban J connectivity index is 3.66. The maximum absolute atomic E-state index is 3.70. The fourth-order valence-electron chi connectivity index (χ4n) is 0.950. The van der Waals surface area contributed by atoms with Crippen molar-refractivity contribution in [3.8, 4) is 0 Å². The van der Waals surface area contributed by atoms with Gasteiger partial charge in [0.1, 0.15) is 0 Å². The maximum Gasteiger partial charge on any atom is 0.0241 e. The number of hydrogen-bond acceptors (Lipinski definition) is 1. The number of rotatable bonds is 6. The summed E-state index contributed by atoms with van der Waals surface area (Å²) >= 11 is 0. The van der Waals surface area contributed by atoms with Crippen LogP contribution in [-0.2, 0) is 0 Å². The molecule has 0 aliphatic carbocycles. The number of nitrogens with zero attached hydrogens (tertiary/aromatic N) is 1. The second-order valence-corrected chi connectivity index (χ2v) is 2.46. The van der Waals surface area contributed by atoms with Crippen molar-refractivity contribution in [2.45, 2.75) is 13.3 Å². The van der Waals surface area contributed by atoms with Gasteiger partial charge in [0.15, 0.2) is 0 Å². The fourth-order valence-corrected chi connectivity index (χ4v) is 0.950. The highest BCUT2D eigenvalue weighted by Crippen LogP contribution is 1.91. The Morgan fingerprint density at radius 2 is 2.18 bits per heavy atom. The Kier molecular flexibility index (Phi) is 6.81. The molecular formula is C10H17N. The van der Waals surface area contributed by atoms with Crippen LogP contribution in [0.3, 0.4) is 0 Å². The molecule has 0 aliphatic heterocycles. The van der Waals surface area contributed by atoms with Gasteiger partial charge in [-0.05, 0) is 19.0 Å². The van der Waals surface area contributed by atoms with Crippen molar-refractivity contribution in [1.29, 1.82) is 0 Å². The van der Waals surface area contributed by atoms with Crippen LogP contribution in [0.5, 0.6) is 0 Å². The van der Waals surface area contributed by atoms with E-state index in [9.17, 15) is 0 Å². The van der Waals surface area contributed by atoms with E-state index in [1.807, 2.05) is 12.2 Å². The summed E-state index contributed by atoms with van der Waals surface area (Å²) in [6, 6.07) is 0. The van der Waals surface area contributed by atoms with Crippen molar-refractivity contribution >= 4 is 0 Å². The summed E-state index contributed by atoms with van der Waals surface area (Å²) < 4.78 is 0. The first-order valence-electron chi connectivity index (χ1n) is 4.02. The highest BCUT2D eigenvalue weighted by Gasteiger charge is 1.96. The lowest BCUT2D eigenvalue weighted by Gasteiger charge is -2.16. The van der Waals surface area contributed by atoms with Gasteiger partial charge in [-0.15, -0.1) is 12.3 Å². The molecule has 0 aliphatic rings. The van der Waals surface area contributed by atoms with E-state index in [1.165, 1.54) is 6.42 Å². The van der Waals surface area contributed by atoms with Crippen LogP contribution in [0.4, 0.5) is 0 Å². The summed E-state index contributed by atoms with van der Waals surface area (Å²) in [5, 5.41) is 0. The Hall–Kier alpha value is -0.780. The van der Waals surface area contributed by atoms with Gasteiger partial charge in [-0.3, -0.25) is 4.90 Å². The third-order valence-electron chi connectivity index (χ3n) is 1.42. The molecule has 0 unspecified atom stereocenters. The molecular weight excluding hydrogens is 134 g/mol. The quantitative estimate of drug-likeness (QED) is 0.415. The van der Waals surface area contributed by atoms with Gasteiger partial charge in [0.2, 0.25) is 0 Å². The smallest absolute Gasteiger partial charge is 0.0241 e. The minimum Gasteiger partial charge on any atom is -0.295 e. The average Bonchev–Trinajstić information content (AvgIpc) is 2.01. The van der Waals surface area contributed by atoms with Crippen LogP contribution in [0.1, 0.15) is 13.3 Å². The zero-order chi connectivity index (χ0) is 8.53. The predicted octanol–water partition coefficient (Wildman–Crippen LogP) is 2.23. The lowest BCUT2D eigenvalue weighted by atomic mass is 10.4. The normalized spacial score (nSPS) is 9.27. The van der Waals surface area contributed by atoms with Crippen LogP contribution in [0.25, 0.3) is 0 Å². The Labute approximate surface area is 69.7 Å². The summed E-state index contributed by atoms with van der Waals surface area (Å²) in [7, 11) is 0. The van der Waals surface area contributed by atoms with Crippen LogP contribution in [0.2, 0.25) is 0 Å². The maximum atomic E-state index is 3.70. The summed E-state index contributed by atoms with van der Waals surface area (Å²) in [4.78, 5) is 2.30. The predicted molar refractivity (Wildman–Crippen MR) is 50.6 cm³/mol. The van der Waals surface area contributed by atoms with Crippen molar-refractivity contribution in [1.82, 2.24) is 4.90 Å². The molecule has 1 heteroatoms. The molecule has 0 amide bonds. The van der Waals surface area contributed by atoms with E-state index < -0.39 is 0 Å². The zero-order valence-corrected chi connectivity index (χ0v) is 7.34. The van der Waals surface area contributed by atoms with E-state index in [-0.39, 0.29) is 0 Å². The minimum absolute atomic E-state index is 0.934. The first-order chi connectivity index (χ1) is 5.35. The summed E-state index contributed by atoms with van der Waals surface area (Å²) in [5.41, 5.74) is 2.76. The van der Waals surface area contributed by atoms with Crippen molar-refractivity contribution in [3.63, 3.8) is 0 Å². The highest BCUT2D eigenvalue weighted by atomic mass is 15.1. The molecule has 0 aromatic heterocycles. The molecule has 0 aromatic carbocycles. The van der Waals surface area contributed by atoms with Gasteiger partial charge in [0, 0.05) is 13.1 Å². The minimum atomic E-state index is 0.934. The van der Waals surface area contributed by atoms with Crippen LogP contribution in [0.15, 0.2) is 31.0 Å². The van der Waals surface area contributed by atoms with E-state index in [0.29, 0.717) is 0 Å². The SMILES string of the molecule is C=C=CCN(CC=C)CCC. The van der Waals surface area contributed by atoms with Crippen molar-refractivity contribution in [2.75, 3.05) is 19.6 Å². The molecule has 0 fully saturated rings. The molecule has 0 heterocycles. The van der Waals surface area contributed by atoms with E-state index in [0.717, 1.165) is 19.6 Å². The molecule has 0 aromatic rings. The Morgan fingerprint density at radius 1 is 1.45 bits per heavy atom. The monoisotopic (exact) mass is 151 g/mol. The van der Waals surface area contributed by atoms with E-state index in [2.05, 4.69) is 30.7 Å². The highest BCUT2D eigenvalue weighted by molar-refractivity contribution is 4.83. The Morgan fingerprint density at radius 3 is 2.64 bits per heavy atom. The summed E-state index contributed by atoms with van der Waals surface area (Å²) in [5.74, 6) is 0. The summed E-state index contributed by atoms with van der Waals surface area (Å²) in [6.07, 6.45) is 5.05. The fraction of sp³-hybridized carbons (Fsp3) is 0.500.